The molecule has 0 nitrogen and oxygen atoms in total. The molecule has 0 unspecified atom stereocenters. The van der Waals surface area contributed by atoms with Gasteiger partial charge in [0, 0.05) is 29.4 Å². The summed E-state index contributed by atoms with van der Waals surface area (Å²) in [5.74, 6) is 0. The summed E-state index contributed by atoms with van der Waals surface area (Å²) in [6, 6.07) is 63.0. The van der Waals surface area contributed by atoms with Crippen LogP contribution in [0.1, 0.15) is 12.0 Å². The molecule has 1 aliphatic carbocycles. The minimum atomic E-state index is -1.62. The minimum Gasteiger partial charge on any atom is -0.133 e. The van der Waals surface area contributed by atoms with Gasteiger partial charge in [-0.15, -0.1) is 10.0 Å². The molecule has 0 saturated heterocycles. The molecule has 45 heavy (non-hydrogen) atoms. The Morgan fingerprint density at radius 3 is 1.24 bits per heavy atom. The van der Waals surface area contributed by atoms with Crippen LogP contribution in [0.2, 0.25) is 0 Å². The molecule has 0 N–H and O–H groups in total. The lowest BCUT2D eigenvalue weighted by molar-refractivity contribution is 1.24. The zero-order valence-electron chi connectivity index (χ0n) is 25.2. The SMILES string of the molecule is C1=CCC=C(c2ccc(S(c3ccccc3)(c3ccccc3)c3ccccc3)cc2)C=C1.c1ccc(Sc2ccccc2)cc1. The van der Waals surface area contributed by atoms with E-state index in [0.29, 0.717) is 0 Å². The summed E-state index contributed by atoms with van der Waals surface area (Å²) in [4.78, 5) is 7.97. The van der Waals surface area contributed by atoms with E-state index < -0.39 is 10.0 Å². The van der Waals surface area contributed by atoms with E-state index in [1.807, 2.05) is 12.1 Å². The van der Waals surface area contributed by atoms with Crippen LogP contribution in [0.4, 0.5) is 0 Å². The van der Waals surface area contributed by atoms with Gasteiger partial charge in [0.2, 0.25) is 0 Å². The average molecular weight is 617 g/mol. The number of benzene rings is 6. The van der Waals surface area contributed by atoms with Crippen LogP contribution in [0, 0.1) is 0 Å². The van der Waals surface area contributed by atoms with E-state index in [2.05, 4.69) is 194 Å². The lowest BCUT2D eigenvalue weighted by Gasteiger charge is -2.42. The van der Waals surface area contributed by atoms with E-state index in [9.17, 15) is 0 Å². The van der Waals surface area contributed by atoms with Gasteiger partial charge in [0.1, 0.15) is 0 Å². The van der Waals surface area contributed by atoms with Crippen molar-refractivity contribution in [3.8, 4) is 0 Å². The standard InChI is InChI=1S/C31H26S.C12H10S/c1-2-7-15-26(14-6-1)27-22-24-31(25-23-27)32(28-16-8-3-9-17-28,29-18-10-4-11-19-29)30-20-12-5-13-21-30;1-3-7-11(8-4-1)13-12-9-5-2-6-10-12/h1-6,8-25H,7H2;1-10H. The molecule has 220 valence electrons. The fourth-order valence-corrected chi connectivity index (χ4v) is 10.2. The second-order valence-electron chi connectivity index (χ2n) is 10.5. The van der Waals surface area contributed by atoms with Gasteiger partial charge in [-0.3, -0.25) is 0 Å². The van der Waals surface area contributed by atoms with E-state index in [1.54, 1.807) is 11.8 Å². The van der Waals surface area contributed by atoms with Gasteiger partial charge in [0.05, 0.1) is 0 Å². The highest BCUT2D eigenvalue weighted by Gasteiger charge is 2.32. The molecule has 0 aromatic heterocycles. The van der Waals surface area contributed by atoms with Crippen LogP contribution in [0.5, 0.6) is 0 Å². The molecular formula is C43H36S2. The summed E-state index contributed by atoms with van der Waals surface area (Å²) in [6.07, 6.45) is 11.9. The summed E-state index contributed by atoms with van der Waals surface area (Å²) < 4.78 is 0. The van der Waals surface area contributed by atoms with E-state index in [-0.39, 0.29) is 0 Å². The van der Waals surface area contributed by atoms with Crippen molar-refractivity contribution in [3.63, 3.8) is 0 Å². The molecule has 2 heteroatoms. The van der Waals surface area contributed by atoms with Crippen molar-refractivity contribution in [2.24, 2.45) is 0 Å². The molecule has 0 aliphatic heterocycles. The van der Waals surface area contributed by atoms with Gasteiger partial charge < -0.3 is 0 Å². The number of hydrogen-bond donors (Lipinski definition) is 0. The molecule has 0 saturated carbocycles. The van der Waals surface area contributed by atoms with Crippen LogP contribution in [0.15, 0.2) is 236 Å². The van der Waals surface area contributed by atoms with Gasteiger partial charge in [0.25, 0.3) is 0 Å². The molecule has 6 aromatic rings. The van der Waals surface area contributed by atoms with Gasteiger partial charge in [-0.1, -0.05) is 145 Å². The van der Waals surface area contributed by atoms with E-state index >= 15 is 0 Å². The molecule has 0 atom stereocenters. The maximum atomic E-state index is 2.34. The lowest BCUT2D eigenvalue weighted by Crippen LogP contribution is -2.05. The zero-order valence-corrected chi connectivity index (χ0v) is 26.8. The summed E-state index contributed by atoms with van der Waals surface area (Å²) in [7, 11) is -1.62. The fourth-order valence-electron chi connectivity index (χ4n) is 5.45. The first kappa shape index (κ1) is 30.3. The summed E-state index contributed by atoms with van der Waals surface area (Å²) in [5, 5.41) is 0. The van der Waals surface area contributed by atoms with Crippen LogP contribution in [0.25, 0.3) is 5.57 Å². The number of rotatable bonds is 7. The molecule has 0 fully saturated rings. The second kappa shape index (κ2) is 15.3. The first-order valence-corrected chi connectivity index (χ1v) is 17.7. The maximum Gasteiger partial charge on any atom is 0.0122 e. The third kappa shape index (κ3) is 7.32. The maximum absolute atomic E-state index is 2.34. The summed E-state index contributed by atoms with van der Waals surface area (Å²) >= 11 is 1.79. The molecular weight excluding hydrogens is 581 g/mol. The van der Waals surface area contributed by atoms with Crippen molar-refractivity contribution in [1.82, 2.24) is 0 Å². The molecule has 0 spiro atoms. The van der Waals surface area contributed by atoms with Crippen molar-refractivity contribution in [2.75, 3.05) is 0 Å². The van der Waals surface area contributed by atoms with Crippen LogP contribution in [-0.4, -0.2) is 0 Å². The highest BCUT2D eigenvalue weighted by atomic mass is 32.3. The van der Waals surface area contributed by atoms with Gasteiger partial charge in [-0.2, -0.15) is 0 Å². The molecule has 0 radical (unpaired) electrons. The van der Waals surface area contributed by atoms with Crippen LogP contribution < -0.4 is 0 Å². The Hall–Kier alpha value is -4.76. The van der Waals surface area contributed by atoms with Crippen LogP contribution in [-0.2, 0) is 0 Å². The monoisotopic (exact) mass is 616 g/mol. The van der Waals surface area contributed by atoms with Gasteiger partial charge in [0.15, 0.2) is 0 Å². The second-order valence-corrected chi connectivity index (χ2v) is 14.7. The Morgan fingerprint density at radius 1 is 0.400 bits per heavy atom. The van der Waals surface area contributed by atoms with Crippen molar-refractivity contribution in [3.05, 3.63) is 212 Å². The molecule has 0 amide bonds. The largest absolute Gasteiger partial charge is 0.133 e. The van der Waals surface area contributed by atoms with Crippen molar-refractivity contribution >= 4 is 27.4 Å². The van der Waals surface area contributed by atoms with Gasteiger partial charge in [-0.25, -0.2) is 0 Å². The van der Waals surface area contributed by atoms with Gasteiger partial charge in [-0.05, 0) is 90.4 Å². The Kier molecular flexibility index (Phi) is 10.3. The molecule has 6 aromatic carbocycles. The minimum absolute atomic E-state index is 0.970. The fraction of sp³-hybridized carbons (Fsp3) is 0.0233. The van der Waals surface area contributed by atoms with E-state index in [4.69, 9.17) is 0 Å². The summed E-state index contributed by atoms with van der Waals surface area (Å²) in [5.41, 5.74) is 2.54. The number of allylic oxidation sites excluding steroid dienone is 6. The average Bonchev–Trinajstić information content (AvgIpc) is 3.42. The van der Waals surface area contributed by atoms with Crippen molar-refractivity contribution < 1.29 is 0 Å². The Labute approximate surface area is 273 Å². The Bertz CT molecular complexity index is 1710. The van der Waals surface area contributed by atoms with Crippen molar-refractivity contribution in [2.45, 2.75) is 35.8 Å². The van der Waals surface area contributed by atoms with Crippen molar-refractivity contribution in [1.29, 1.82) is 0 Å². The topological polar surface area (TPSA) is 0 Å². The zero-order chi connectivity index (χ0) is 30.6. The highest BCUT2D eigenvalue weighted by molar-refractivity contribution is 8.34. The highest BCUT2D eigenvalue weighted by Crippen LogP contribution is 2.73. The quantitative estimate of drug-likeness (QED) is 0.172. The van der Waals surface area contributed by atoms with E-state index in [0.717, 1.165) is 6.42 Å². The summed E-state index contributed by atoms with van der Waals surface area (Å²) in [6.45, 7) is 0. The third-order valence-electron chi connectivity index (χ3n) is 7.55. The Morgan fingerprint density at radius 2 is 0.800 bits per heavy atom. The lowest BCUT2D eigenvalue weighted by atomic mass is 10.1. The number of hydrogen-bond acceptors (Lipinski definition) is 1. The van der Waals surface area contributed by atoms with Gasteiger partial charge >= 0.3 is 0 Å². The molecule has 1 aliphatic rings. The third-order valence-corrected chi connectivity index (χ3v) is 12.5. The predicted octanol–water partition coefficient (Wildman–Crippen LogP) is 12.8. The first-order chi connectivity index (χ1) is 22.3. The molecule has 0 bridgehead atoms. The van der Waals surface area contributed by atoms with Crippen LogP contribution in [0.3, 0.4) is 0 Å². The molecule has 7 rings (SSSR count). The first-order valence-electron chi connectivity index (χ1n) is 15.2. The Balaban J connectivity index is 0.000000229. The normalized spacial score (nSPS) is 12.8. The predicted molar refractivity (Wildman–Crippen MR) is 194 cm³/mol. The smallest absolute Gasteiger partial charge is 0.0122 e. The molecule has 0 heterocycles. The van der Waals surface area contributed by atoms with E-state index in [1.165, 1.54) is 40.5 Å². The van der Waals surface area contributed by atoms with Crippen LogP contribution >= 0.6 is 21.8 Å².